The average molecular weight is 281 g/mol. The summed E-state index contributed by atoms with van der Waals surface area (Å²) in [6.45, 7) is 12.0. The smallest absolute Gasteiger partial charge is 0.0400 e. The molecule has 1 heteroatoms. The summed E-state index contributed by atoms with van der Waals surface area (Å²) in [6, 6.07) is 15.6. The van der Waals surface area contributed by atoms with Gasteiger partial charge < -0.3 is 5.32 Å². The van der Waals surface area contributed by atoms with Crippen LogP contribution < -0.4 is 5.32 Å². The van der Waals surface area contributed by atoms with Crippen LogP contribution in [-0.4, -0.2) is 0 Å². The molecule has 0 fully saturated rings. The van der Waals surface area contributed by atoms with Crippen molar-refractivity contribution >= 4 is 5.69 Å². The Balaban J connectivity index is 2.17. The minimum atomic E-state index is 0.532. The third-order valence-corrected chi connectivity index (χ3v) is 3.97. The molecule has 0 bridgehead atoms. The molecule has 0 amide bonds. The fourth-order valence-electron chi connectivity index (χ4n) is 2.48. The molecule has 2 rings (SSSR count). The summed E-state index contributed by atoms with van der Waals surface area (Å²) in [5, 5.41) is 3.60. The summed E-state index contributed by atoms with van der Waals surface area (Å²) >= 11 is 0. The normalized spacial score (nSPS) is 11.2. The van der Waals surface area contributed by atoms with Gasteiger partial charge in [-0.3, -0.25) is 0 Å². The largest absolute Gasteiger partial charge is 0.381 e. The van der Waals surface area contributed by atoms with Crippen LogP contribution in [0.2, 0.25) is 0 Å². The number of rotatable bonds is 5. The van der Waals surface area contributed by atoms with Crippen molar-refractivity contribution in [3.63, 3.8) is 0 Å². The number of benzene rings is 2. The van der Waals surface area contributed by atoms with Crippen molar-refractivity contribution in [3.8, 4) is 0 Å². The van der Waals surface area contributed by atoms with Gasteiger partial charge in [0.05, 0.1) is 0 Å². The van der Waals surface area contributed by atoms with E-state index in [2.05, 4.69) is 82.4 Å². The summed E-state index contributed by atoms with van der Waals surface area (Å²) in [6.07, 6.45) is 0. The van der Waals surface area contributed by atoms with E-state index in [0.29, 0.717) is 11.8 Å². The maximum Gasteiger partial charge on any atom is 0.0400 e. The molecule has 112 valence electrons. The summed E-state index contributed by atoms with van der Waals surface area (Å²) < 4.78 is 0. The summed E-state index contributed by atoms with van der Waals surface area (Å²) in [5.41, 5.74) is 6.72. The van der Waals surface area contributed by atoms with Gasteiger partial charge in [-0.05, 0) is 41.5 Å². The van der Waals surface area contributed by atoms with Crippen LogP contribution in [0, 0.1) is 6.92 Å². The molecule has 0 spiro atoms. The second-order valence-electron chi connectivity index (χ2n) is 6.50. The highest BCUT2D eigenvalue weighted by Gasteiger charge is 2.09. The van der Waals surface area contributed by atoms with Gasteiger partial charge in [0.2, 0.25) is 0 Å². The Bertz CT molecular complexity index is 579. The number of hydrogen-bond acceptors (Lipinski definition) is 1. The van der Waals surface area contributed by atoms with Crippen LogP contribution in [0.5, 0.6) is 0 Å². The molecule has 0 saturated carbocycles. The van der Waals surface area contributed by atoms with Gasteiger partial charge in [-0.15, -0.1) is 0 Å². The highest BCUT2D eigenvalue weighted by Crippen LogP contribution is 2.28. The number of hydrogen-bond donors (Lipinski definition) is 1. The molecule has 1 nitrogen and oxygen atoms in total. The SMILES string of the molecule is Cc1ccc(CNc2ccc(C(C)C)cc2C(C)C)cc1. The Morgan fingerprint density at radius 3 is 2.10 bits per heavy atom. The lowest BCUT2D eigenvalue weighted by molar-refractivity contribution is 0.833. The van der Waals surface area contributed by atoms with E-state index in [4.69, 9.17) is 0 Å². The minimum Gasteiger partial charge on any atom is -0.381 e. The average Bonchev–Trinajstić information content (AvgIpc) is 2.46. The second-order valence-corrected chi connectivity index (χ2v) is 6.50. The molecule has 0 heterocycles. The van der Waals surface area contributed by atoms with Crippen molar-refractivity contribution in [1.82, 2.24) is 0 Å². The van der Waals surface area contributed by atoms with Gasteiger partial charge in [0.1, 0.15) is 0 Å². The second kappa shape index (κ2) is 6.80. The fourth-order valence-corrected chi connectivity index (χ4v) is 2.48. The van der Waals surface area contributed by atoms with Gasteiger partial charge in [-0.25, -0.2) is 0 Å². The first-order valence-corrected chi connectivity index (χ1v) is 7.90. The quantitative estimate of drug-likeness (QED) is 0.724. The Kier molecular flexibility index (Phi) is 5.06. The van der Waals surface area contributed by atoms with E-state index in [1.165, 1.54) is 27.9 Å². The molecule has 0 aliphatic carbocycles. The van der Waals surface area contributed by atoms with E-state index < -0.39 is 0 Å². The molecule has 2 aromatic rings. The fraction of sp³-hybridized carbons (Fsp3) is 0.400. The van der Waals surface area contributed by atoms with Crippen LogP contribution in [0.15, 0.2) is 42.5 Å². The molecule has 0 unspecified atom stereocenters. The van der Waals surface area contributed by atoms with Gasteiger partial charge in [-0.1, -0.05) is 69.7 Å². The first-order chi connectivity index (χ1) is 9.97. The lowest BCUT2D eigenvalue weighted by Gasteiger charge is -2.18. The van der Waals surface area contributed by atoms with Crippen LogP contribution in [0.1, 0.15) is 61.8 Å². The lowest BCUT2D eigenvalue weighted by Crippen LogP contribution is -2.04. The van der Waals surface area contributed by atoms with E-state index >= 15 is 0 Å². The number of nitrogens with one attached hydrogen (secondary N) is 1. The van der Waals surface area contributed by atoms with Crippen molar-refractivity contribution < 1.29 is 0 Å². The maximum absolute atomic E-state index is 3.60. The van der Waals surface area contributed by atoms with E-state index in [1.807, 2.05) is 0 Å². The van der Waals surface area contributed by atoms with E-state index in [0.717, 1.165) is 6.54 Å². The Morgan fingerprint density at radius 2 is 1.52 bits per heavy atom. The van der Waals surface area contributed by atoms with Crippen LogP contribution in [0.4, 0.5) is 5.69 Å². The van der Waals surface area contributed by atoms with E-state index in [9.17, 15) is 0 Å². The summed E-state index contributed by atoms with van der Waals surface area (Å²) in [7, 11) is 0. The third kappa shape index (κ3) is 4.10. The molecular weight excluding hydrogens is 254 g/mol. The molecule has 0 aliphatic rings. The third-order valence-electron chi connectivity index (χ3n) is 3.97. The molecule has 2 aromatic carbocycles. The van der Waals surface area contributed by atoms with Crippen molar-refractivity contribution in [2.75, 3.05) is 5.32 Å². The molecule has 0 atom stereocenters. The standard InChI is InChI=1S/C20H27N/c1-14(2)18-10-11-20(19(12-18)15(3)4)21-13-17-8-6-16(5)7-9-17/h6-12,14-15,21H,13H2,1-5H3. The molecular formula is C20H27N. The van der Waals surface area contributed by atoms with Crippen LogP contribution >= 0.6 is 0 Å². The zero-order chi connectivity index (χ0) is 15.4. The number of anilines is 1. The van der Waals surface area contributed by atoms with E-state index in [-0.39, 0.29) is 0 Å². The van der Waals surface area contributed by atoms with Crippen molar-refractivity contribution in [2.24, 2.45) is 0 Å². The van der Waals surface area contributed by atoms with Gasteiger partial charge in [0.15, 0.2) is 0 Å². The first kappa shape index (κ1) is 15.6. The highest BCUT2D eigenvalue weighted by molar-refractivity contribution is 5.55. The molecule has 0 aliphatic heterocycles. The Labute approximate surface area is 129 Å². The topological polar surface area (TPSA) is 12.0 Å². The summed E-state index contributed by atoms with van der Waals surface area (Å²) in [4.78, 5) is 0. The first-order valence-electron chi connectivity index (χ1n) is 7.90. The zero-order valence-electron chi connectivity index (χ0n) is 13.9. The van der Waals surface area contributed by atoms with Crippen molar-refractivity contribution in [3.05, 3.63) is 64.7 Å². The lowest BCUT2D eigenvalue weighted by atomic mass is 9.94. The van der Waals surface area contributed by atoms with E-state index in [1.54, 1.807) is 0 Å². The van der Waals surface area contributed by atoms with Gasteiger partial charge in [-0.2, -0.15) is 0 Å². The van der Waals surface area contributed by atoms with Crippen LogP contribution in [0.3, 0.4) is 0 Å². The monoisotopic (exact) mass is 281 g/mol. The predicted octanol–water partition coefficient (Wildman–Crippen LogP) is 5.85. The van der Waals surface area contributed by atoms with Gasteiger partial charge >= 0.3 is 0 Å². The minimum absolute atomic E-state index is 0.532. The van der Waals surface area contributed by atoms with Crippen molar-refractivity contribution in [1.29, 1.82) is 0 Å². The maximum atomic E-state index is 3.60. The molecule has 1 N–H and O–H groups in total. The predicted molar refractivity (Wildman–Crippen MR) is 93.1 cm³/mol. The van der Waals surface area contributed by atoms with Gasteiger partial charge in [0.25, 0.3) is 0 Å². The number of aryl methyl sites for hydroxylation is 1. The molecule has 0 radical (unpaired) electrons. The molecule has 21 heavy (non-hydrogen) atoms. The molecule has 0 saturated heterocycles. The summed E-state index contributed by atoms with van der Waals surface area (Å²) in [5.74, 6) is 1.11. The van der Waals surface area contributed by atoms with Crippen molar-refractivity contribution in [2.45, 2.75) is 53.0 Å². The zero-order valence-corrected chi connectivity index (χ0v) is 13.9. The van der Waals surface area contributed by atoms with Crippen LogP contribution in [-0.2, 0) is 6.54 Å². The molecule has 0 aromatic heterocycles. The van der Waals surface area contributed by atoms with Crippen LogP contribution in [0.25, 0.3) is 0 Å². The Hall–Kier alpha value is -1.76. The Morgan fingerprint density at radius 1 is 0.857 bits per heavy atom. The van der Waals surface area contributed by atoms with Gasteiger partial charge in [0, 0.05) is 12.2 Å². The highest BCUT2D eigenvalue weighted by atomic mass is 14.9.